The summed E-state index contributed by atoms with van der Waals surface area (Å²) in [5, 5.41) is 12.2. The number of hydrogen-bond acceptors (Lipinski definition) is 7. The first-order valence-electron chi connectivity index (χ1n) is 5.08. The first-order valence-corrected chi connectivity index (χ1v) is 5.08. The summed E-state index contributed by atoms with van der Waals surface area (Å²) in [6, 6.07) is 0.184. The van der Waals surface area contributed by atoms with E-state index in [0.717, 1.165) is 12.8 Å². The number of methoxy groups -OCH3 is 1. The number of aromatic nitrogens is 3. The first kappa shape index (κ1) is 10.9. The van der Waals surface area contributed by atoms with E-state index >= 15 is 0 Å². The highest BCUT2D eigenvalue weighted by atomic mass is 16.5. The molecule has 1 aromatic rings. The van der Waals surface area contributed by atoms with E-state index in [1.165, 1.54) is 7.11 Å². The molecule has 4 N–H and O–H groups in total. The van der Waals surface area contributed by atoms with Gasteiger partial charge in [0.15, 0.2) is 0 Å². The summed E-state index contributed by atoms with van der Waals surface area (Å²) in [6.07, 6.45) is 2.04. The number of anilines is 2. The first-order chi connectivity index (χ1) is 7.67. The van der Waals surface area contributed by atoms with Gasteiger partial charge in [0.05, 0.1) is 13.7 Å². The fourth-order valence-corrected chi connectivity index (χ4v) is 1.38. The number of rotatable bonds is 5. The Balaban J connectivity index is 2.01. The van der Waals surface area contributed by atoms with Gasteiger partial charge in [0, 0.05) is 12.0 Å². The average Bonchev–Trinajstić information content (AvgIpc) is 3.06. The van der Waals surface area contributed by atoms with Crippen molar-refractivity contribution in [3.63, 3.8) is 0 Å². The summed E-state index contributed by atoms with van der Waals surface area (Å²) in [7, 11) is 1.47. The Kier molecular flexibility index (Phi) is 2.78. The van der Waals surface area contributed by atoms with Crippen molar-refractivity contribution in [2.24, 2.45) is 5.41 Å². The van der Waals surface area contributed by atoms with E-state index < -0.39 is 0 Å². The Bertz CT molecular complexity index is 380. The van der Waals surface area contributed by atoms with E-state index in [1.54, 1.807) is 0 Å². The molecule has 7 nitrogen and oxygen atoms in total. The van der Waals surface area contributed by atoms with Crippen molar-refractivity contribution < 1.29 is 9.84 Å². The molecule has 0 saturated heterocycles. The number of aliphatic hydroxyl groups is 1. The van der Waals surface area contributed by atoms with Crippen LogP contribution in [0.25, 0.3) is 0 Å². The summed E-state index contributed by atoms with van der Waals surface area (Å²) >= 11 is 0. The van der Waals surface area contributed by atoms with Gasteiger partial charge in [-0.3, -0.25) is 0 Å². The van der Waals surface area contributed by atoms with Gasteiger partial charge in [-0.15, -0.1) is 0 Å². The molecule has 0 atom stereocenters. The molecule has 0 aromatic carbocycles. The predicted molar refractivity (Wildman–Crippen MR) is 58.0 cm³/mol. The molecule has 0 amide bonds. The lowest BCUT2D eigenvalue weighted by Gasteiger charge is -2.12. The van der Waals surface area contributed by atoms with E-state index in [4.69, 9.17) is 15.6 Å². The summed E-state index contributed by atoms with van der Waals surface area (Å²) in [5.74, 6) is 0.493. The molecule has 16 heavy (non-hydrogen) atoms. The quantitative estimate of drug-likeness (QED) is 0.628. The molecule has 0 unspecified atom stereocenters. The minimum absolute atomic E-state index is 0.00533. The molecule has 2 rings (SSSR count). The monoisotopic (exact) mass is 225 g/mol. The Hall–Kier alpha value is -1.63. The normalized spacial score (nSPS) is 16.9. The zero-order chi connectivity index (χ0) is 11.6. The van der Waals surface area contributed by atoms with Crippen molar-refractivity contribution in [2.45, 2.75) is 12.8 Å². The second kappa shape index (κ2) is 4.09. The largest absolute Gasteiger partial charge is 0.467 e. The lowest BCUT2D eigenvalue weighted by Crippen LogP contribution is -2.20. The van der Waals surface area contributed by atoms with E-state index in [1.807, 2.05) is 0 Å². The minimum atomic E-state index is -0.00533. The maximum atomic E-state index is 9.15. The molecule has 0 spiro atoms. The third-order valence-electron chi connectivity index (χ3n) is 2.73. The lowest BCUT2D eigenvalue weighted by atomic mass is 10.1. The second-order valence-electron chi connectivity index (χ2n) is 4.02. The van der Waals surface area contributed by atoms with Gasteiger partial charge in [0.25, 0.3) is 0 Å². The van der Waals surface area contributed by atoms with Crippen LogP contribution in [0.15, 0.2) is 0 Å². The van der Waals surface area contributed by atoms with E-state index in [2.05, 4.69) is 20.3 Å². The van der Waals surface area contributed by atoms with E-state index in [9.17, 15) is 0 Å². The number of hydrogen-bond donors (Lipinski definition) is 3. The molecule has 0 aliphatic heterocycles. The van der Waals surface area contributed by atoms with Gasteiger partial charge in [-0.2, -0.15) is 15.0 Å². The number of ether oxygens (including phenoxy) is 1. The predicted octanol–water partition coefficient (Wildman–Crippen LogP) is -0.353. The third kappa shape index (κ3) is 2.30. The van der Waals surface area contributed by atoms with Gasteiger partial charge < -0.3 is 20.9 Å². The second-order valence-corrected chi connectivity index (χ2v) is 4.02. The number of nitrogens with zero attached hydrogens (tertiary/aromatic N) is 3. The zero-order valence-electron chi connectivity index (χ0n) is 9.10. The molecule has 1 aromatic heterocycles. The van der Waals surface area contributed by atoms with Crippen LogP contribution in [0.4, 0.5) is 11.9 Å². The van der Waals surface area contributed by atoms with Crippen molar-refractivity contribution in [1.82, 2.24) is 15.0 Å². The van der Waals surface area contributed by atoms with Crippen LogP contribution < -0.4 is 15.8 Å². The fraction of sp³-hybridized carbons (Fsp3) is 0.667. The summed E-state index contributed by atoms with van der Waals surface area (Å²) in [6.45, 7) is 0.813. The van der Waals surface area contributed by atoms with Gasteiger partial charge in [-0.1, -0.05) is 0 Å². The van der Waals surface area contributed by atoms with Gasteiger partial charge in [-0.05, 0) is 12.8 Å². The number of nitrogens with one attached hydrogen (secondary N) is 1. The van der Waals surface area contributed by atoms with Gasteiger partial charge in [-0.25, -0.2) is 0 Å². The smallest absolute Gasteiger partial charge is 0.322 e. The molecule has 1 aliphatic carbocycles. The fourth-order valence-electron chi connectivity index (χ4n) is 1.38. The van der Waals surface area contributed by atoms with Crippen molar-refractivity contribution in [3.8, 4) is 6.01 Å². The van der Waals surface area contributed by atoms with Crippen LogP contribution in [0.1, 0.15) is 12.8 Å². The third-order valence-corrected chi connectivity index (χ3v) is 2.73. The molecule has 0 radical (unpaired) electrons. The van der Waals surface area contributed by atoms with Crippen LogP contribution in [0, 0.1) is 5.41 Å². The Morgan fingerprint density at radius 1 is 1.44 bits per heavy atom. The summed E-state index contributed by atoms with van der Waals surface area (Å²) < 4.78 is 4.88. The van der Waals surface area contributed by atoms with Crippen molar-refractivity contribution >= 4 is 11.9 Å². The molecule has 1 aliphatic rings. The Morgan fingerprint density at radius 3 is 2.75 bits per heavy atom. The highest BCUT2D eigenvalue weighted by Gasteiger charge is 2.41. The van der Waals surface area contributed by atoms with Crippen molar-refractivity contribution in [1.29, 1.82) is 0 Å². The van der Waals surface area contributed by atoms with E-state index in [0.29, 0.717) is 12.5 Å². The van der Waals surface area contributed by atoms with Crippen LogP contribution in [-0.2, 0) is 0 Å². The van der Waals surface area contributed by atoms with Crippen LogP contribution in [0.2, 0.25) is 0 Å². The minimum Gasteiger partial charge on any atom is -0.467 e. The number of nitrogen functional groups attached to an aromatic ring is 1. The maximum absolute atomic E-state index is 9.15. The van der Waals surface area contributed by atoms with Crippen LogP contribution in [0.5, 0.6) is 6.01 Å². The van der Waals surface area contributed by atoms with Crippen LogP contribution in [0.3, 0.4) is 0 Å². The number of aliphatic hydroxyl groups excluding tert-OH is 1. The molecule has 1 heterocycles. The Morgan fingerprint density at radius 2 is 2.19 bits per heavy atom. The van der Waals surface area contributed by atoms with Gasteiger partial charge in [0.1, 0.15) is 0 Å². The summed E-state index contributed by atoms with van der Waals surface area (Å²) in [5.41, 5.74) is 5.49. The zero-order valence-corrected chi connectivity index (χ0v) is 9.10. The molecule has 1 saturated carbocycles. The Labute approximate surface area is 93.1 Å². The standard InChI is InChI=1S/C9H15N5O2/c1-16-8-13-6(10)12-7(14-8)11-4-9(5-15)2-3-9/h15H,2-5H2,1H3,(H3,10,11,12,13,14). The van der Waals surface area contributed by atoms with Gasteiger partial charge in [0.2, 0.25) is 11.9 Å². The van der Waals surface area contributed by atoms with Crippen molar-refractivity contribution in [3.05, 3.63) is 0 Å². The highest BCUT2D eigenvalue weighted by molar-refractivity contribution is 5.33. The van der Waals surface area contributed by atoms with Crippen molar-refractivity contribution in [2.75, 3.05) is 31.3 Å². The van der Waals surface area contributed by atoms with Gasteiger partial charge >= 0.3 is 6.01 Å². The van der Waals surface area contributed by atoms with Crippen LogP contribution in [-0.4, -0.2) is 40.3 Å². The molecule has 88 valence electrons. The topological polar surface area (TPSA) is 106 Å². The molecule has 0 bridgehead atoms. The SMILES string of the molecule is COc1nc(N)nc(NCC2(CO)CC2)n1. The lowest BCUT2D eigenvalue weighted by molar-refractivity contribution is 0.219. The average molecular weight is 225 g/mol. The molecule has 1 fully saturated rings. The van der Waals surface area contributed by atoms with E-state index in [-0.39, 0.29) is 24.0 Å². The molecular formula is C9H15N5O2. The van der Waals surface area contributed by atoms with Crippen LogP contribution >= 0.6 is 0 Å². The maximum Gasteiger partial charge on any atom is 0.322 e. The molecule has 7 heteroatoms. The highest BCUT2D eigenvalue weighted by Crippen LogP contribution is 2.44. The summed E-state index contributed by atoms with van der Waals surface area (Å²) in [4.78, 5) is 11.7. The number of nitrogens with two attached hydrogens (primary N) is 1. The molecular weight excluding hydrogens is 210 g/mol.